The Hall–Kier alpha value is -1.94. The quantitative estimate of drug-likeness (QED) is 0.666. The van der Waals surface area contributed by atoms with Crippen molar-refractivity contribution in [3.63, 3.8) is 0 Å². The molecule has 0 radical (unpaired) electrons. The van der Waals surface area contributed by atoms with Crippen molar-refractivity contribution in [2.45, 2.75) is 20.0 Å². The lowest BCUT2D eigenvalue weighted by Crippen LogP contribution is -2.20. The molecule has 2 aromatic carbocycles. The molecule has 23 heavy (non-hydrogen) atoms. The van der Waals surface area contributed by atoms with Gasteiger partial charge in [0.25, 0.3) is 0 Å². The molecule has 0 amide bonds. The summed E-state index contributed by atoms with van der Waals surface area (Å²) in [4.78, 5) is 19.0. The molecule has 0 fully saturated rings. The van der Waals surface area contributed by atoms with Crippen LogP contribution in [0.4, 0.5) is 0 Å². The van der Waals surface area contributed by atoms with E-state index in [-0.39, 0.29) is 6.61 Å². The molecule has 2 unspecified atom stereocenters. The van der Waals surface area contributed by atoms with E-state index in [0.717, 1.165) is 0 Å². The standard InChI is InChI=1S/C12H10.C5H11O5P/c1-3-7-11(8-4-1)12-9-5-2-6-10-12;1-3-9-5(6)4(2)10-11(7)8/h1-10H;4,11H,3H2,1-2H3,(H,7,8). The molecule has 0 spiro atoms. The molecular weight excluding hydrogens is 315 g/mol. The van der Waals surface area contributed by atoms with Crippen LogP contribution >= 0.6 is 8.25 Å². The maximum Gasteiger partial charge on any atom is 0.335 e. The van der Waals surface area contributed by atoms with Crippen molar-refractivity contribution in [3.05, 3.63) is 60.7 Å². The summed E-state index contributed by atoms with van der Waals surface area (Å²) in [5.41, 5.74) is 2.55. The van der Waals surface area contributed by atoms with Crippen molar-refractivity contribution < 1.29 is 23.5 Å². The molecule has 0 aromatic heterocycles. The number of esters is 1. The van der Waals surface area contributed by atoms with Crippen molar-refractivity contribution in [1.29, 1.82) is 0 Å². The van der Waals surface area contributed by atoms with Crippen molar-refractivity contribution >= 4 is 14.2 Å². The van der Waals surface area contributed by atoms with Gasteiger partial charge in [0.05, 0.1) is 6.61 Å². The number of benzene rings is 2. The Morgan fingerprint density at radius 1 is 1.04 bits per heavy atom. The molecule has 2 aromatic rings. The molecule has 2 rings (SSSR count). The van der Waals surface area contributed by atoms with Crippen molar-refractivity contribution in [2.75, 3.05) is 6.61 Å². The third kappa shape index (κ3) is 7.75. The minimum absolute atomic E-state index is 0.235. The van der Waals surface area contributed by atoms with Gasteiger partial charge in [-0.25, -0.2) is 4.79 Å². The van der Waals surface area contributed by atoms with Crippen LogP contribution in [0.1, 0.15) is 13.8 Å². The second-order valence-corrected chi connectivity index (χ2v) is 5.28. The third-order valence-corrected chi connectivity index (χ3v) is 3.33. The zero-order valence-corrected chi connectivity index (χ0v) is 14.1. The minimum Gasteiger partial charge on any atom is -0.464 e. The van der Waals surface area contributed by atoms with Crippen LogP contribution in [0.25, 0.3) is 11.1 Å². The van der Waals surface area contributed by atoms with Gasteiger partial charge in [0.1, 0.15) is 0 Å². The summed E-state index contributed by atoms with van der Waals surface area (Å²) in [5.74, 6) is -0.625. The summed E-state index contributed by atoms with van der Waals surface area (Å²) < 4.78 is 18.9. The van der Waals surface area contributed by atoms with Crippen molar-refractivity contribution in [1.82, 2.24) is 0 Å². The van der Waals surface area contributed by atoms with Gasteiger partial charge in [0.2, 0.25) is 0 Å². The molecule has 0 aliphatic heterocycles. The fourth-order valence-corrected chi connectivity index (χ4v) is 2.12. The minimum atomic E-state index is -3.05. The van der Waals surface area contributed by atoms with E-state index in [1.165, 1.54) is 18.1 Å². The topological polar surface area (TPSA) is 72.8 Å². The predicted octanol–water partition coefficient (Wildman–Crippen LogP) is 3.69. The molecule has 0 aliphatic rings. The Bertz CT molecular complexity index is 563. The van der Waals surface area contributed by atoms with Crippen LogP contribution in [0, 0.1) is 0 Å². The van der Waals surface area contributed by atoms with E-state index in [2.05, 4.69) is 57.8 Å². The van der Waals surface area contributed by atoms with Crippen LogP contribution < -0.4 is 0 Å². The Labute approximate surface area is 136 Å². The van der Waals surface area contributed by atoms with Crippen LogP contribution in [-0.4, -0.2) is 23.6 Å². The second-order valence-electron chi connectivity index (χ2n) is 4.51. The Balaban J connectivity index is 0.000000232. The summed E-state index contributed by atoms with van der Waals surface area (Å²) in [7, 11) is -3.05. The van der Waals surface area contributed by atoms with Crippen molar-refractivity contribution in [3.8, 4) is 11.1 Å². The number of rotatable bonds is 5. The molecule has 2 atom stereocenters. The first-order valence-corrected chi connectivity index (χ1v) is 8.47. The summed E-state index contributed by atoms with van der Waals surface area (Å²) in [6.45, 7) is 3.24. The second kappa shape index (κ2) is 10.7. The summed E-state index contributed by atoms with van der Waals surface area (Å²) >= 11 is 0. The highest BCUT2D eigenvalue weighted by molar-refractivity contribution is 7.32. The first-order valence-electron chi connectivity index (χ1n) is 7.21. The van der Waals surface area contributed by atoms with Crippen molar-refractivity contribution in [2.24, 2.45) is 0 Å². The van der Waals surface area contributed by atoms with E-state index in [1.54, 1.807) is 6.92 Å². The number of carbonyl (C=O) groups excluding carboxylic acids is 1. The molecule has 5 nitrogen and oxygen atoms in total. The van der Waals surface area contributed by atoms with Crippen LogP contribution in [0.15, 0.2) is 60.7 Å². The summed E-state index contributed by atoms with van der Waals surface area (Å²) in [6, 6.07) is 20.8. The van der Waals surface area contributed by atoms with E-state index in [1.807, 2.05) is 12.1 Å². The van der Waals surface area contributed by atoms with Gasteiger partial charge in [-0.15, -0.1) is 0 Å². The molecule has 0 saturated carbocycles. The Morgan fingerprint density at radius 3 is 1.83 bits per heavy atom. The molecule has 124 valence electrons. The number of ether oxygens (including phenoxy) is 1. The first kappa shape index (κ1) is 19.1. The number of hydrogen-bond donors (Lipinski definition) is 1. The maximum atomic E-state index is 10.7. The lowest BCUT2D eigenvalue weighted by molar-refractivity contribution is -0.150. The first-order chi connectivity index (χ1) is 11.0. The van der Waals surface area contributed by atoms with Gasteiger partial charge in [0.15, 0.2) is 6.10 Å². The third-order valence-electron chi connectivity index (χ3n) is 2.78. The van der Waals surface area contributed by atoms with Crippen LogP contribution in [0.2, 0.25) is 0 Å². The average Bonchev–Trinajstić information content (AvgIpc) is 2.57. The fourth-order valence-electron chi connectivity index (χ4n) is 1.72. The molecule has 0 aliphatic carbocycles. The SMILES string of the molecule is CCOC(=O)C(C)O[PH](=O)O.c1ccc(-c2ccccc2)cc1. The van der Waals surface area contributed by atoms with Gasteiger partial charge in [-0.2, -0.15) is 0 Å². The Morgan fingerprint density at radius 2 is 1.48 bits per heavy atom. The molecule has 6 heteroatoms. The smallest absolute Gasteiger partial charge is 0.335 e. The lowest BCUT2D eigenvalue weighted by Gasteiger charge is -2.08. The highest BCUT2D eigenvalue weighted by atomic mass is 31.1. The van der Waals surface area contributed by atoms with Crippen LogP contribution in [0.5, 0.6) is 0 Å². The van der Waals surface area contributed by atoms with E-state index in [4.69, 9.17) is 4.89 Å². The average molecular weight is 336 g/mol. The fraction of sp³-hybridized carbons (Fsp3) is 0.235. The van der Waals surface area contributed by atoms with E-state index < -0.39 is 20.3 Å². The molecular formula is C17H21O5P. The Kier molecular flexibility index (Phi) is 8.91. The van der Waals surface area contributed by atoms with E-state index in [0.29, 0.717) is 0 Å². The molecule has 0 saturated heterocycles. The van der Waals surface area contributed by atoms with Gasteiger partial charge in [-0.3, -0.25) is 9.09 Å². The molecule has 1 N–H and O–H groups in total. The molecule has 0 bridgehead atoms. The van der Waals surface area contributed by atoms with Gasteiger partial charge >= 0.3 is 14.2 Å². The predicted molar refractivity (Wildman–Crippen MR) is 90.3 cm³/mol. The maximum absolute atomic E-state index is 10.7. The number of carbonyl (C=O) groups is 1. The van der Waals surface area contributed by atoms with E-state index in [9.17, 15) is 9.36 Å². The normalized spacial score (nSPS) is 12.5. The van der Waals surface area contributed by atoms with Gasteiger partial charge in [-0.1, -0.05) is 60.7 Å². The highest BCUT2D eigenvalue weighted by Gasteiger charge is 2.15. The van der Waals surface area contributed by atoms with Gasteiger partial charge in [0, 0.05) is 0 Å². The van der Waals surface area contributed by atoms with Gasteiger partial charge < -0.3 is 9.63 Å². The zero-order chi connectivity index (χ0) is 17.1. The monoisotopic (exact) mass is 336 g/mol. The van der Waals surface area contributed by atoms with E-state index >= 15 is 0 Å². The van der Waals surface area contributed by atoms with Crippen LogP contribution in [-0.2, 0) is 18.6 Å². The summed E-state index contributed by atoms with van der Waals surface area (Å²) in [6.07, 6.45) is -0.966. The van der Waals surface area contributed by atoms with Crippen LogP contribution in [0.3, 0.4) is 0 Å². The lowest BCUT2D eigenvalue weighted by atomic mass is 10.1. The number of hydrogen-bond acceptors (Lipinski definition) is 4. The zero-order valence-electron chi connectivity index (χ0n) is 13.1. The summed E-state index contributed by atoms with van der Waals surface area (Å²) in [5, 5.41) is 0. The van der Waals surface area contributed by atoms with Gasteiger partial charge in [-0.05, 0) is 25.0 Å². The molecule has 0 heterocycles. The largest absolute Gasteiger partial charge is 0.464 e. The highest BCUT2D eigenvalue weighted by Crippen LogP contribution is 2.18.